The number of para-hydroxylation sites is 2. The van der Waals surface area contributed by atoms with Crippen LogP contribution >= 0.6 is 11.6 Å². The first-order chi connectivity index (χ1) is 14.8. The average Bonchev–Trinajstić information content (AvgIpc) is 3.02. The Hall–Kier alpha value is -3.66. The van der Waals surface area contributed by atoms with Crippen molar-refractivity contribution in [2.24, 2.45) is 0 Å². The molecule has 0 saturated carbocycles. The number of hydrogen-bond donors (Lipinski definition) is 1. The largest absolute Gasteiger partial charge is 0.456 e. The lowest BCUT2D eigenvalue weighted by Crippen LogP contribution is -2.26. The van der Waals surface area contributed by atoms with Gasteiger partial charge in [-0.15, -0.1) is 0 Å². The van der Waals surface area contributed by atoms with E-state index in [2.05, 4.69) is 5.32 Å². The van der Waals surface area contributed by atoms with Gasteiger partial charge in [0.1, 0.15) is 5.69 Å². The van der Waals surface area contributed by atoms with Gasteiger partial charge in [0.2, 0.25) is 0 Å². The Morgan fingerprint density at radius 1 is 1.16 bits per heavy atom. The highest BCUT2D eigenvalue weighted by Gasteiger charge is 2.18. The molecule has 1 aromatic heterocycles. The van der Waals surface area contributed by atoms with Crippen molar-refractivity contribution >= 4 is 45.9 Å². The number of nitro groups is 1. The van der Waals surface area contributed by atoms with E-state index >= 15 is 0 Å². The first-order valence-corrected chi connectivity index (χ1v) is 9.77. The topological polar surface area (TPSA) is 125 Å². The summed E-state index contributed by atoms with van der Waals surface area (Å²) in [6.45, 7) is 1.82. The molecular weight excluding hydrogens is 428 g/mol. The molecule has 31 heavy (non-hydrogen) atoms. The second kappa shape index (κ2) is 9.43. The number of carbonyl (C=O) groups is 2. The van der Waals surface area contributed by atoms with Crippen LogP contribution in [0, 0.1) is 10.1 Å². The summed E-state index contributed by atoms with van der Waals surface area (Å²) in [7, 11) is 0. The van der Waals surface area contributed by atoms with Gasteiger partial charge in [0, 0.05) is 24.2 Å². The maximum Gasteiger partial charge on any atom is 0.329 e. The molecule has 0 fully saturated rings. The van der Waals surface area contributed by atoms with Crippen LogP contribution in [0.25, 0.3) is 11.0 Å². The molecular formula is C20H19ClN4O6. The van der Waals surface area contributed by atoms with Crippen molar-refractivity contribution in [2.45, 2.75) is 26.4 Å². The van der Waals surface area contributed by atoms with E-state index in [9.17, 15) is 24.5 Å². The Balaban J connectivity index is 1.59. The molecule has 2 aromatic carbocycles. The third kappa shape index (κ3) is 4.92. The third-order valence-corrected chi connectivity index (χ3v) is 4.81. The van der Waals surface area contributed by atoms with Gasteiger partial charge in [0.25, 0.3) is 11.6 Å². The molecule has 0 atom stereocenters. The maximum atomic E-state index is 12.6. The maximum absolute atomic E-state index is 12.6. The van der Waals surface area contributed by atoms with Gasteiger partial charge in [-0.3, -0.25) is 28.8 Å². The molecule has 1 amide bonds. The number of aryl methyl sites for hydroxylation is 2. The number of halogens is 1. The Morgan fingerprint density at radius 2 is 1.84 bits per heavy atom. The van der Waals surface area contributed by atoms with Crippen molar-refractivity contribution in [2.75, 3.05) is 11.9 Å². The van der Waals surface area contributed by atoms with Gasteiger partial charge in [-0.05, 0) is 31.2 Å². The predicted molar refractivity (Wildman–Crippen MR) is 114 cm³/mol. The molecule has 1 N–H and O–H groups in total. The first-order valence-electron chi connectivity index (χ1n) is 9.39. The molecule has 0 aliphatic rings. The van der Waals surface area contributed by atoms with Crippen LogP contribution in [-0.4, -0.2) is 32.5 Å². The van der Waals surface area contributed by atoms with Crippen LogP contribution < -0.4 is 11.0 Å². The second-order valence-electron chi connectivity index (χ2n) is 6.54. The van der Waals surface area contributed by atoms with Gasteiger partial charge in [0.15, 0.2) is 6.61 Å². The number of aromatic nitrogens is 2. The lowest BCUT2D eigenvalue weighted by Gasteiger charge is -2.08. The van der Waals surface area contributed by atoms with E-state index in [0.29, 0.717) is 12.1 Å². The highest BCUT2D eigenvalue weighted by atomic mass is 35.5. The van der Waals surface area contributed by atoms with E-state index in [4.69, 9.17) is 16.3 Å². The smallest absolute Gasteiger partial charge is 0.329 e. The minimum atomic E-state index is -0.737. The summed E-state index contributed by atoms with van der Waals surface area (Å²) in [6, 6.07) is 11.0. The minimum Gasteiger partial charge on any atom is -0.456 e. The van der Waals surface area contributed by atoms with Crippen molar-refractivity contribution < 1.29 is 19.2 Å². The Bertz CT molecular complexity index is 1220. The monoisotopic (exact) mass is 446 g/mol. The van der Waals surface area contributed by atoms with Crippen molar-refractivity contribution in [1.29, 1.82) is 0 Å². The number of anilines is 1. The molecule has 0 aliphatic carbocycles. The molecule has 0 unspecified atom stereocenters. The van der Waals surface area contributed by atoms with E-state index in [-0.39, 0.29) is 35.1 Å². The molecule has 0 saturated heterocycles. The summed E-state index contributed by atoms with van der Waals surface area (Å²) in [5.74, 6) is -1.42. The van der Waals surface area contributed by atoms with Gasteiger partial charge in [-0.1, -0.05) is 23.7 Å². The number of carbonyl (C=O) groups excluding carboxylic acids is 2. The van der Waals surface area contributed by atoms with Crippen LogP contribution in [0.3, 0.4) is 0 Å². The number of amides is 1. The fourth-order valence-electron chi connectivity index (χ4n) is 3.16. The Kier molecular flexibility index (Phi) is 6.71. The van der Waals surface area contributed by atoms with Crippen LogP contribution in [0.1, 0.15) is 13.3 Å². The number of rotatable bonds is 8. The normalized spacial score (nSPS) is 10.8. The molecule has 10 nitrogen and oxygen atoms in total. The van der Waals surface area contributed by atoms with Gasteiger partial charge in [0.05, 0.1) is 22.4 Å². The van der Waals surface area contributed by atoms with E-state index in [1.807, 2.05) is 19.1 Å². The van der Waals surface area contributed by atoms with Gasteiger partial charge >= 0.3 is 11.7 Å². The summed E-state index contributed by atoms with van der Waals surface area (Å²) in [4.78, 5) is 47.0. The van der Waals surface area contributed by atoms with Crippen molar-refractivity contribution in [3.05, 3.63) is 68.1 Å². The number of fused-ring (bicyclic) bond motifs is 1. The highest BCUT2D eigenvalue weighted by Crippen LogP contribution is 2.27. The van der Waals surface area contributed by atoms with Crippen LogP contribution in [0.4, 0.5) is 11.4 Å². The number of esters is 1. The summed E-state index contributed by atoms with van der Waals surface area (Å²) in [5.41, 5.74) is 0.805. The van der Waals surface area contributed by atoms with Crippen molar-refractivity contribution in [3.8, 4) is 0 Å². The minimum absolute atomic E-state index is 0.0608. The van der Waals surface area contributed by atoms with Crippen molar-refractivity contribution in [3.63, 3.8) is 0 Å². The summed E-state index contributed by atoms with van der Waals surface area (Å²) in [6.07, 6.45) is -0.119. The third-order valence-electron chi connectivity index (χ3n) is 4.58. The number of nitro benzene ring substituents is 1. The van der Waals surface area contributed by atoms with Gasteiger partial charge in [-0.25, -0.2) is 4.79 Å². The van der Waals surface area contributed by atoms with E-state index in [1.165, 1.54) is 16.7 Å². The molecule has 162 valence electrons. The fourth-order valence-corrected chi connectivity index (χ4v) is 3.33. The number of benzene rings is 2. The van der Waals surface area contributed by atoms with Crippen LogP contribution in [0.5, 0.6) is 0 Å². The SMILES string of the molecule is CCn1c(=O)n(CCC(=O)OCC(=O)Nc2ccc(Cl)cc2[N+](=O)[O-])c2ccccc21. The second-order valence-corrected chi connectivity index (χ2v) is 6.98. The van der Waals surface area contributed by atoms with Crippen molar-refractivity contribution in [1.82, 2.24) is 9.13 Å². The summed E-state index contributed by atoms with van der Waals surface area (Å²) >= 11 is 5.73. The number of hydrogen-bond acceptors (Lipinski definition) is 6. The first kappa shape index (κ1) is 22.0. The zero-order valence-corrected chi connectivity index (χ0v) is 17.3. The zero-order valence-electron chi connectivity index (χ0n) is 16.5. The summed E-state index contributed by atoms with van der Waals surface area (Å²) < 4.78 is 8.03. The van der Waals surface area contributed by atoms with Crippen LogP contribution in [-0.2, 0) is 27.4 Å². The quantitative estimate of drug-likeness (QED) is 0.322. The summed E-state index contributed by atoms with van der Waals surface area (Å²) in [5, 5.41) is 13.5. The number of nitrogens with one attached hydrogen (secondary N) is 1. The van der Waals surface area contributed by atoms with E-state index < -0.39 is 23.4 Å². The van der Waals surface area contributed by atoms with E-state index in [1.54, 1.807) is 16.7 Å². The van der Waals surface area contributed by atoms with Gasteiger partial charge in [-0.2, -0.15) is 0 Å². The lowest BCUT2D eigenvalue weighted by atomic mass is 10.2. The number of ether oxygens (including phenoxy) is 1. The standard InChI is InChI=1S/C20H19ClN4O6/c1-2-23-15-5-3-4-6-16(15)24(20(23)28)10-9-19(27)31-12-18(26)22-14-8-7-13(21)11-17(14)25(29)30/h3-8,11H,2,9-10,12H2,1H3,(H,22,26). The number of imidazole rings is 1. The van der Waals surface area contributed by atoms with Crippen LogP contribution in [0.2, 0.25) is 5.02 Å². The molecule has 3 aromatic rings. The molecule has 3 rings (SSSR count). The molecule has 0 radical (unpaired) electrons. The molecule has 11 heteroatoms. The molecule has 0 spiro atoms. The average molecular weight is 447 g/mol. The highest BCUT2D eigenvalue weighted by molar-refractivity contribution is 6.31. The fraction of sp³-hybridized carbons (Fsp3) is 0.250. The van der Waals surface area contributed by atoms with Gasteiger partial charge < -0.3 is 10.1 Å². The molecule has 0 bridgehead atoms. The Morgan fingerprint density at radius 3 is 2.48 bits per heavy atom. The zero-order chi connectivity index (χ0) is 22.5. The molecule has 1 heterocycles. The molecule has 0 aliphatic heterocycles. The van der Waals surface area contributed by atoms with Crippen LogP contribution in [0.15, 0.2) is 47.3 Å². The lowest BCUT2D eigenvalue weighted by molar-refractivity contribution is -0.383. The number of nitrogens with zero attached hydrogens (tertiary/aromatic N) is 3. The van der Waals surface area contributed by atoms with E-state index in [0.717, 1.165) is 11.6 Å². The Labute approximate surface area is 181 Å². The predicted octanol–water partition coefficient (Wildman–Crippen LogP) is 2.96.